The molecule has 1 aromatic carbocycles. The van der Waals surface area contributed by atoms with E-state index >= 15 is 0 Å². The zero-order valence-corrected chi connectivity index (χ0v) is 9.65. The molecule has 4 atom stereocenters. The zero-order valence-electron chi connectivity index (χ0n) is 9.65. The molecular weight excluding hydrogens is 194 g/mol. The first-order valence-corrected chi connectivity index (χ1v) is 6.73. The lowest BCUT2D eigenvalue weighted by Crippen LogP contribution is -2.53. The highest BCUT2D eigenvalue weighted by atomic mass is 14.9. The minimum atomic E-state index is 0.774. The molecule has 16 heavy (non-hydrogen) atoms. The van der Waals surface area contributed by atoms with E-state index in [4.69, 9.17) is 0 Å². The third-order valence-electron chi connectivity index (χ3n) is 5.09. The normalized spacial score (nSPS) is 40.2. The number of benzene rings is 1. The van der Waals surface area contributed by atoms with E-state index in [1.165, 1.54) is 32.2 Å². The fourth-order valence-electron chi connectivity index (χ4n) is 4.32. The molecule has 2 bridgehead atoms. The average molecular weight is 213 g/mol. The van der Waals surface area contributed by atoms with Gasteiger partial charge >= 0.3 is 0 Å². The Morgan fingerprint density at radius 3 is 3.06 bits per heavy atom. The number of nitrogens with one attached hydrogen (secondary N) is 1. The molecule has 1 N–H and O–H groups in total. The third kappa shape index (κ3) is 1.21. The van der Waals surface area contributed by atoms with Gasteiger partial charge in [0, 0.05) is 6.04 Å². The quantitative estimate of drug-likeness (QED) is 0.698. The predicted molar refractivity (Wildman–Crippen MR) is 65.5 cm³/mol. The van der Waals surface area contributed by atoms with Crippen LogP contribution in [0.1, 0.15) is 36.3 Å². The highest BCUT2D eigenvalue weighted by molar-refractivity contribution is 5.36. The Morgan fingerprint density at radius 2 is 2.06 bits per heavy atom. The van der Waals surface area contributed by atoms with E-state index in [0.717, 1.165) is 23.8 Å². The summed E-state index contributed by atoms with van der Waals surface area (Å²) in [6.45, 7) is 1.27. The molecule has 1 heterocycles. The summed E-state index contributed by atoms with van der Waals surface area (Å²) in [6, 6.07) is 9.92. The average Bonchev–Trinajstić information content (AvgIpc) is 2.36. The molecule has 1 nitrogen and oxygen atoms in total. The standard InChI is InChI=1S/C15H19N/c1-2-4-12-11(3-1)8-15-14-7-10(9-16-15)5-6-13(12)14/h1-4,10,13-16H,5-9H2. The first kappa shape index (κ1) is 9.23. The molecule has 4 unspecified atom stereocenters. The van der Waals surface area contributed by atoms with Gasteiger partial charge in [0.15, 0.2) is 0 Å². The maximum absolute atomic E-state index is 3.79. The van der Waals surface area contributed by atoms with Crippen LogP contribution in [0, 0.1) is 11.8 Å². The fourth-order valence-corrected chi connectivity index (χ4v) is 4.32. The van der Waals surface area contributed by atoms with Crippen LogP contribution in [0.4, 0.5) is 0 Å². The highest BCUT2D eigenvalue weighted by Crippen LogP contribution is 2.48. The van der Waals surface area contributed by atoms with E-state index in [-0.39, 0.29) is 0 Å². The highest BCUT2D eigenvalue weighted by Gasteiger charge is 2.43. The van der Waals surface area contributed by atoms with Crippen molar-refractivity contribution in [1.29, 1.82) is 0 Å². The van der Waals surface area contributed by atoms with Gasteiger partial charge in [0.25, 0.3) is 0 Å². The van der Waals surface area contributed by atoms with Crippen molar-refractivity contribution < 1.29 is 0 Å². The molecule has 2 aliphatic carbocycles. The summed E-state index contributed by atoms with van der Waals surface area (Å²) in [4.78, 5) is 0. The van der Waals surface area contributed by atoms with E-state index in [1.807, 2.05) is 0 Å². The molecule has 0 radical (unpaired) electrons. The Balaban J connectivity index is 1.80. The molecule has 1 aliphatic heterocycles. The first-order valence-electron chi connectivity index (χ1n) is 6.73. The summed E-state index contributed by atoms with van der Waals surface area (Å²) in [6.07, 6.45) is 5.63. The van der Waals surface area contributed by atoms with Gasteiger partial charge in [0.2, 0.25) is 0 Å². The van der Waals surface area contributed by atoms with Gasteiger partial charge in [-0.25, -0.2) is 0 Å². The van der Waals surface area contributed by atoms with Crippen molar-refractivity contribution in [3.05, 3.63) is 35.4 Å². The Kier molecular flexibility index (Phi) is 1.92. The largest absolute Gasteiger partial charge is 0.313 e. The Labute approximate surface area is 97.2 Å². The first-order chi connectivity index (χ1) is 7.92. The van der Waals surface area contributed by atoms with E-state index in [2.05, 4.69) is 29.6 Å². The van der Waals surface area contributed by atoms with Gasteiger partial charge < -0.3 is 5.32 Å². The number of piperidine rings is 1. The lowest BCUT2D eigenvalue weighted by Gasteiger charge is -2.49. The van der Waals surface area contributed by atoms with Crippen molar-refractivity contribution >= 4 is 0 Å². The summed E-state index contributed by atoms with van der Waals surface area (Å²) < 4.78 is 0. The van der Waals surface area contributed by atoms with Gasteiger partial charge in [-0.15, -0.1) is 0 Å². The van der Waals surface area contributed by atoms with Crippen LogP contribution in [0.2, 0.25) is 0 Å². The van der Waals surface area contributed by atoms with Gasteiger partial charge in [-0.05, 0) is 61.1 Å². The van der Waals surface area contributed by atoms with Gasteiger partial charge in [0.1, 0.15) is 0 Å². The van der Waals surface area contributed by atoms with Gasteiger partial charge in [-0.3, -0.25) is 0 Å². The SMILES string of the molecule is c1ccc2c(c1)CC1NCC3CCC2C1C3. The minimum Gasteiger partial charge on any atom is -0.313 e. The van der Waals surface area contributed by atoms with Crippen molar-refractivity contribution in [2.45, 2.75) is 37.6 Å². The summed E-state index contributed by atoms with van der Waals surface area (Å²) in [5.41, 5.74) is 3.28. The molecule has 0 amide bonds. The molecule has 2 fully saturated rings. The van der Waals surface area contributed by atoms with E-state index in [1.54, 1.807) is 11.1 Å². The van der Waals surface area contributed by atoms with Crippen LogP contribution in [0.25, 0.3) is 0 Å². The smallest absolute Gasteiger partial charge is 0.0142 e. The number of hydrogen-bond acceptors (Lipinski definition) is 1. The molecule has 1 saturated carbocycles. The Morgan fingerprint density at radius 1 is 1.12 bits per heavy atom. The lowest BCUT2D eigenvalue weighted by atomic mass is 9.61. The second-order valence-corrected chi connectivity index (χ2v) is 5.87. The molecule has 1 heteroatoms. The molecule has 0 spiro atoms. The second-order valence-electron chi connectivity index (χ2n) is 5.87. The molecule has 1 aromatic rings. The molecule has 1 saturated heterocycles. The zero-order chi connectivity index (χ0) is 10.5. The van der Waals surface area contributed by atoms with Gasteiger partial charge in [-0.1, -0.05) is 24.3 Å². The van der Waals surface area contributed by atoms with E-state index in [9.17, 15) is 0 Å². The number of rotatable bonds is 0. The van der Waals surface area contributed by atoms with Crippen LogP contribution < -0.4 is 5.32 Å². The van der Waals surface area contributed by atoms with Crippen molar-refractivity contribution in [3.63, 3.8) is 0 Å². The van der Waals surface area contributed by atoms with Crippen molar-refractivity contribution in [1.82, 2.24) is 5.32 Å². The van der Waals surface area contributed by atoms with Gasteiger partial charge in [0.05, 0.1) is 0 Å². The van der Waals surface area contributed by atoms with Crippen LogP contribution in [-0.4, -0.2) is 12.6 Å². The topological polar surface area (TPSA) is 12.0 Å². The maximum Gasteiger partial charge on any atom is 0.0142 e. The molecule has 0 aromatic heterocycles. The Hall–Kier alpha value is -0.820. The van der Waals surface area contributed by atoms with Crippen LogP contribution in [0.15, 0.2) is 24.3 Å². The molecule has 4 rings (SSSR count). The predicted octanol–water partition coefficient (Wildman–Crippen LogP) is 2.71. The lowest BCUT2D eigenvalue weighted by molar-refractivity contribution is 0.119. The number of hydrogen-bond donors (Lipinski definition) is 1. The van der Waals surface area contributed by atoms with Crippen LogP contribution in [0.5, 0.6) is 0 Å². The van der Waals surface area contributed by atoms with Crippen LogP contribution >= 0.6 is 0 Å². The van der Waals surface area contributed by atoms with Gasteiger partial charge in [-0.2, -0.15) is 0 Å². The van der Waals surface area contributed by atoms with Crippen LogP contribution in [0.3, 0.4) is 0 Å². The summed E-state index contributed by atoms with van der Waals surface area (Å²) >= 11 is 0. The second kappa shape index (κ2) is 3.33. The summed E-state index contributed by atoms with van der Waals surface area (Å²) in [7, 11) is 0. The minimum absolute atomic E-state index is 0.774. The van der Waals surface area contributed by atoms with Crippen molar-refractivity contribution in [2.24, 2.45) is 11.8 Å². The number of fused-ring (bicyclic) bond motifs is 3. The fraction of sp³-hybridized carbons (Fsp3) is 0.600. The monoisotopic (exact) mass is 213 g/mol. The van der Waals surface area contributed by atoms with E-state index < -0.39 is 0 Å². The molecule has 84 valence electrons. The maximum atomic E-state index is 3.79. The van der Waals surface area contributed by atoms with Crippen molar-refractivity contribution in [2.75, 3.05) is 6.54 Å². The van der Waals surface area contributed by atoms with Crippen molar-refractivity contribution in [3.8, 4) is 0 Å². The molecular formula is C15H19N. The summed E-state index contributed by atoms with van der Waals surface area (Å²) in [5.74, 6) is 2.77. The Bertz CT molecular complexity index is 412. The van der Waals surface area contributed by atoms with Crippen LogP contribution in [-0.2, 0) is 6.42 Å². The third-order valence-corrected chi connectivity index (χ3v) is 5.09. The summed E-state index contributed by atoms with van der Waals surface area (Å²) in [5, 5.41) is 3.79. The van der Waals surface area contributed by atoms with E-state index in [0.29, 0.717) is 0 Å². The molecule has 3 aliphatic rings.